The molecule has 0 N–H and O–H groups in total. The predicted molar refractivity (Wildman–Crippen MR) is 123 cm³/mol. The zero-order valence-corrected chi connectivity index (χ0v) is 19.1. The number of likely N-dealkylation sites (N-methyl/N-ethyl adjacent to an activating group) is 1. The first-order valence-corrected chi connectivity index (χ1v) is 10.8. The summed E-state index contributed by atoms with van der Waals surface area (Å²) in [6.07, 6.45) is 1.72. The van der Waals surface area contributed by atoms with E-state index in [1.54, 1.807) is 41.3 Å². The van der Waals surface area contributed by atoms with E-state index in [0.717, 1.165) is 5.56 Å². The number of benzene rings is 2. The molecule has 0 radical (unpaired) electrons. The largest absolute Gasteiger partial charge is 0.486 e. The van der Waals surface area contributed by atoms with Gasteiger partial charge in [-0.25, -0.2) is 0 Å². The van der Waals surface area contributed by atoms with Crippen molar-refractivity contribution in [2.45, 2.75) is 13.5 Å². The minimum Gasteiger partial charge on any atom is -0.486 e. The molecule has 1 heterocycles. The highest BCUT2D eigenvalue weighted by Crippen LogP contribution is 2.38. The van der Waals surface area contributed by atoms with E-state index >= 15 is 0 Å². The molecule has 1 amide bonds. The lowest BCUT2D eigenvalue weighted by atomic mass is 10.2. The Labute approximate surface area is 192 Å². The van der Waals surface area contributed by atoms with Gasteiger partial charge in [0.25, 0.3) is 5.91 Å². The molecule has 0 spiro atoms. The molecule has 28 heavy (non-hydrogen) atoms. The van der Waals surface area contributed by atoms with Crippen LogP contribution in [-0.4, -0.2) is 21.7 Å². The van der Waals surface area contributed by atoms with Crippen molar-refractivity contribution in [3.05, 3.63) is 66.5 Å². The lowest BCUT2D eigenvalue weighted by Gasteiger charge is -2.12. The third-order valence-corrected chi connectivity index (χ3v) is 6.55. The first-order chi connectivity index (χ1) is 13.3. The Balaban J connectivity index is 1.79. The van der Waals surface area contributed by atoms with Crippen molar-refractivity contribution in [2.75, 3.05) is 6.54 Å². The molecule has 1 fully saturated rings. The van der Waals surface area contributed by atoms with Gasteiger partial charge in [0, 0.05) is 6.54 Å². The summed E-state index contributed by atoms with van der Waals surface area (Å²) in [5.74, 6) is 0.234. The quantitative estimate of drug-likeness (QED) is 0.328. The second-order valence-electron chi connectivity index (χ2n) is 5.78. The number of hydrogen-bond acceptors (Lipinski definition) is 4. The highest BCUT2D eigenvalue weighted by Gasteiger charge is 2.30. The zero-order valence-electron chi connectivity index (χ0n) is 14.5. The van der Waals surface area contributed by atoms with Gasteiger partial charge < -0.3 is 4.74 Å². The molecule has 0 aromatic heterocycles. The number of carbonyl (C=O) groups is 1. The average Bonchev–Trinajstić information content (AvgIpc) is 2.90. The van der Waals surface area contributed by atoms with Crippen molar-refractivity contribution >= 4 is 86.7 Å². The van der Waals surface area contributed by atoms with Crippen molar-refractivity contribution in [2.24, 2.45) is 0 Å². The smallest absolute Gasteiger partial charge is 0.266 e. The number of thioether (sulfide) groups is 1. The van der Waals surface area contributed by atoms with Crippen molar-refractivity contribution in [3.63, 3.8) is 0 Å². The Kier molecular flexibility index (Phi) is 7.18. The van der Waals surface area contributed by atoms with Gasteiger partial charge in [0.2, 0.25) is 0 Å². The fourth-order valence-electron chi connectivity index (χ4n) is 2.51. The fourth-order valence-corrected chi connectivity index (χ4v) is 4.83. The minimum absolute atomic E-state index is 0.121. The Morgan fingerprint density at radius 2 is 1.75 bits per heavy atom. The van der Waals surface area contributed by atoms with Gasteiger partial charge in [-0.1, -0.05) is 76.4 Å². The van der Waals surface area contributed by atoms with Crippen molar-refractivity contribution < 1.29 is 9.53 Å². The molecule has 0 unspecified atom stereocenters. The van der Waals surface area contributed by atoms with E-state index < -0.39 is 0 Å². The molecular weight excluding hydrogens is 480 g/mol. The van der Waals surface area contributed by atoms with Crippen LogP contribution in [0.4, 0.5) is 0 Å². The van der Waals surface area contributed by atoms with Gasteiger partial charge in [0.05, 0.1) is 25.0 Å². The minimum atomic E-state index is -0.121. The van der Waals surface area contributed by atoms with Gasteiger partial charge in [0.1, 0.15) is 10.9 Å². The number of amides is 1. The Hall–Kier alpha value is -0.950. The molecule has 3 nitrogen and oxygen atoms in total. The van der Waals surface area contributed by atoms with Crippen LogP contribution >= 0.6 is 70.4 Å². The molecule has 0 saturated carbocycles. The van der Waals surface area contributed by atoms with Crippen LogP contribution in [0, 0.1) is 0 Å². The summed E-state index contributed by atoms with van der Waals surface area (Å²) in [7, 11) is 0. The van der Waals surface area contributed by atoms with Crippen molar-refractivity contribution in [1.82, 2.24) is 4.90 Å². The molecule has 1 aliphatic rings. The van der Waals surface area contributed by atoms with E-state index in [-0.39, 0.29) is 12.5 Å². The van der Waals surface area contributed by atoms with Gasteiger partial charge in [-0.15, -0.1) is 0 Å². The normalized spacial score (nSPS) is 15.6. The Morgan fingerprint density at radius 3 is 2.32 bits per heavy atom. The highest BCUT2D eigenvalue weighted by molar-refractivity contribution is 8.26. The predicted octanol–water partition coefficient (Wildman–Crippen LogP) is 7.10. The number of hydrogen-bond donors (Lipinski definition) is 0. The Bertz CT molecular complexity index is 971. The molecule has 0 atom stereocenters. The van der Waals surface area contributed by atoms with Crippen LogP contribution in [0.5, 0.6) is 5.75 Å². The third-order valence-electron chi connectivity index (χ3n) is 3.88. The molecule has 0 bridgehead atoms. The Morgan fingerprint density at radius 1 is 1.07 bits per heavy atom. The van der Waals surface area contributed by atoms with Crippen LogP contribution in [-0.2, 0) is 11.4 Å². The summed E-state index contributed by atoms with van der Waals surface area (Å²) in [5, 5.41) is 1.59. The highest BCUT2D eigenvalue weighted by atomic mass is 35.5. The monoisotopic (exact) mass is 491 g/mol. The summed E-state index contributed by atoms with van der Waals surface area (Å²) < 4.78 is 6.30. The van der Waals surface area contributed by atoms with Crippen molar-refractivity contribution in [1.29, 1.82) is 0 Å². The van der Waals surface area contributed by atoms with Crippen LogP contribution in [0.15, 0.2) is 35.2 Å². The number of rotatable bonds is 5. The van der Waals surface area contributed by atoms with Crippen LogP contribution in [0.3, 0.4) is 0 Å². The first-order valence-electron chi connectivity index (χ1n) is 8.11. The molecule has 146 valence electrons. The van der Waals surface area contributed by atoms with E-state index in [1.807, 2.05) is 6.92 Å². The number of ether oxygens (including phenoxy) is 1. The number of halogens is 4. The molecule has 2 aromatic rings. The molecule has 3 rings (SSSR count). The maximum Gasteiger partial charge on any atom is 0.266 e. The molecule has 1 saturated heterocycles. The van der Waals surface area contributed by atoms with Gasteiger partial charge >= 0.3 is 0 Å². The van der Waals surface area contributed by atoms with Gasteiger partial charge in [0.15, 0.2) is 5.75 Å². The van der Waals surface area contributed by atoms with Crippen LogP contribution < -0.4 is 4.74 Å². The molecule has 2 aromatic carbocycles. The van der Waals surface area contributed by atoms with E-state index in [9.17, 15) is 4.79 Å². The maximum atomic E-state index is 12.3. The number of carbonyl (C=O) groups excluding carboxylic acids is 1. The lowest BCUT2D eigenvalue weighted by molar-refractivity contribution is -0.121. The summed E-state index contributed by atoms with van der Waals surface area (Å²) in [5.41, 5.74) is 1.52. The summed E-state index contributed by atoms with van der Waals surface area (Å²) in [4.78, 5) is 14.4. The maximum absolute atomic E-state index is 12.3. The summed E-state index contributed by atoms with van der Waals surface area (Å²) >= 11 is 31.1. The number of thiocarbonyl (C=S) groups is 1. The summed E-state index contributed by atoms with van der Waals surface area (Å²) in [6.45, 7) is 2.64. The van der Waals surface area contributed by atoms with Crippen LogP contribution in [0.2, 0.25) is 20.1 Å². The molecular formula is C19H13Cl4NO2S2. The zero-order chi connectivity index (χ0) is 20.4. The van der Waals surface area contributed by atoms with Crippen LogP contribution in [0.25, 0.3) is 6.08 Å². The molecule has 9 heteroatoms. The summed E-state index contributed by atoms with van der Waals surface area (Å²) in [6, 6.07) is 8.60. The van der Waals surface area contributed by atoms with Gasteiger partial charge in [-0.2, -0.15) is 0 Å². The van der Waals surface area contributed by atoms with E-state index in [2.05, 4.69) is 0 Å². The van der Waals surface area contributed by atoms with E-state index in [1.165, 1.54) is 11.8 Å². The molecule has 1 aliphatic heterocycles. The SMILES string of the molecule is CCN1C(=O)/C(=C/c2cc(Cl)c(OCc3ccc(Cl)c(Cl)c3)c(Cl)c2)SC1=S. The van der Waals surface area contributed by atoms with E-state index in [0.29, 0.717) is 47.2 Å². The van der Waals surface area contributed by atoms with Crippen molar-refractivity contribution in [3.8, 4) is 5.75 Å². The third kappa shape index (κ3) is 4.78. The van der Waals surface area contributed by atoms with E-state index in [4.69, 9.17) is 63.4 Å². The lowest BCUT2D eigenvalue weighted by Crippen LogP contribution is -2.27. The second kappa shape index (κ2) is 9.24. The standard InChI is InChI=1S/C19H13Cl4NO2S2/c1-2-24-18(25)16(28-19(24)27)8-11-6-14(22)17(15(23)7-11)26-9-10-3-4-12(20)13(21)5-10/h3-8H,2,9H2,1H3/b16-8-. The van der Waals surface area contributed by atoms with Gasteiger partial charge in [-0.3, -0.25) is 9.69 Å². The fraction of sp³-hybridized carbons (Fsp3) is 0.158. The van der Waals surface area contributed by atoms with Crippen LogP contribution in [0.1, 0.15) is 18.1 Å². The van der Waals surface area contributed by atoms with Gasteiger partial charge in [-0.05, 0) is 48.4 Å². The molecule has 0 aliphatic carbocycles. The topological polar surface area (TPSA) is 29.5 Å². The second-order valence-corrected chi connectivity index (χ2v) is 9.08. The first kappa shape index (κ1) is 21.8. The number of nitrogens with zero attached hydrogens (tertiary/aromatic N) is 1. The average molecular weight is 493 g/mol.